The van der Waals surface area contributed by atoms with Gasteiger partial charge in [-0.3, -0.25) is 0 Å². The van der Waals surface area contributed by atoms with Crippen molar-refractivity contribution in [2.45, 2.75) is 33.2 Å². The molecule has 0 radical (unpaired) electrons. The first-order chi connectivity index (χ1) is 9.15. The van der Waals surface area contributed by atoms with E-state index in [0.717, 1.165) is 18.0 Å². The van der Waals surface area contributed by atoms with Crippen LogP contribution in [0.1, 0.15) is 36.8 Å². The monoisotopic (exact) mass is 293 g/mol. The van der Waals surface area contributed by atoms with Gasteiger partial charge in [0.05, 0.1) is 0 Å². The van der Waals surface area contributed by atoms with E-state index < -0.39 is 0 Å². The number of hydrogen-bond donors (Lipinski definition) is 1. The fraction of sp³-hybridized carbons (Fsp3) is 0.375. The van der Waals surface area contributed by atoms with Crippen LogP contribution in [0.4, 0.5) is 0 Å². The number of aryl methyl sites for hydroxylation is 1. The highest BCUT2D eigenvalue weighted by molar-refractivity contribution is 7.15. The lowest BCUT2D eigenvalue weighted by Gasteiger charge is -2.13. The van der Waals surface area contributed by atoms with Crippen molar-refractivity contribution in [3.63, 3.8) is 0 Å². The number of hydrogen-bond acceptors (Lipinski definition) is 2. The largest absolute Gasteiger partial charge is 0.310 e. The molecule has 0 saturated heterocycles. The summed E-state index contributed by atoms with van der Waals surface area (Å²) in [5, 5.41) is 4.33. The predicted octanol–water partition coefficient (Wildman–Crippen LogP) is 5.44. The highest BCUT2D eigenvalue weighted by atomic mass is 35.5. The maximum Gasteiger partial charge on any atom is 0.0412 e. The standard InChI is InChI=1S/C16H20ClNS/c1-4-14(18-5-2)16-9-8-15(19-16)13-7-6-12(17)10-11(13)3/h6-10,14,18H,4-5H2,1-3H3. The zero-order valence-corrected chi connectivity index (χ0v) is 13.2. The van der Waals surface area contributed by atoms with Crippen LogP contribution in [0, 0.1) is 6.92 Å². The van der Waals surface area contributed by atoms with Gasteiger partial charge < -0.3 is 5.32 Å². The van der Waals surface area contributed by atoms with Crippen LogP contribution in [0.25, 0.3) is 10.4 Å². The van der Waals surface area contributed by atoms with Crippen molar-refractivity contribution in [3.05, 3.63) is 45.8 Å². The Bertz CT molecular complexity index is 547. The van der Waals surface area contributed by atoms with Crippen molar-refractivity contribution in [1.82, 2.24) is 5.32 Å². The molecule has 19 heavy (non-hydrogen) atoms. The first kappa shape index (κ1) is 14.6. The fourth-order valence-electron chi connectivity index (χ4n) is 2.28. The van der Waals surface area contributed by atoms with E-state index in [4.69, 9.17) is 11.6 Å². The van der Waals surface area contributed by atoms with Gasteiger partial charge in [-0.15, -0.1) is 11.3 Å². The molecule has 0 fully saturated rings. The van der Waals surface area contributed by atoms with Gasteiger partial charge in [0.15, 0.2) is 0 Å². The molecule has 102 valence electrons. The molecule has 0 saturated carbocycles. The van der Waals surface area contributed by atoms with E-state index in [1.807, 2.05) is 23.5 Å². The number of benzene rings is 1. The topological polar surface area (TPSA) is 12.0 Å². The van der Waals surface area contributed by atoms with E-state index in [-0.39, 0.29) is 0 Å². The molecule has 1 aromatic heterocycles. The van der Waals surface area contributed by atoms with Crippen LogP contribution in [0.2, 0.25) is 5.02 Å². The van der Waals surface area contributed by atoms with Crippen LogP contribution in [0.15, 0.2) is 30.3 Å². The summed E-state index contributed by atoms with van der Waals surface area (Å²) in [5.74, 6) is 0. The molecule has 1 heterocycles. The lowest BCUT2D eigenvalue weighted by molar-refractivity contribution is 0.545. The van der Waals surface area contributed by atoms with Gasteiger partial charge in [0, 0.05) is 20.8 Å². The van der Waals surface area contributed by atoms with Crippen molar-refractivity contribution in [2.24, 2.45) is 0 Å². The average molecular weight is 294 g/mol. The van der Waals surface area contributed by atoms with Crippen LogP contribution in [-0.4, -0.2) is 6.54 Å². The Morgan fingerprint density at radius 2 is 2.00 bits per heavy atom. The molecule has 1 nitrogen and oxygen atoms in total. The number of halogens is 1. The van der Waals surface area contributed by atoms with Gasteiger partial charge in [0.1, 0.15) is 0 Å². The van der Waals surface area contributed by atoms with E-state index in [1.54, 1.807) is 0 Å². The smallest absolute Gasteiger partial charge is 0.0412 e. The third-order valence-electron chi connectivity index (χ3n) is 3.28. The Morgan fingerprint density at radius 3 is 2.63 bits per heavy atom. The number of thiophene rings is 1. The van der Waals surface area contributed by atoms with Crippen molar-refractivity contribution in [3.8, 4) is 10.4 Å². The predicted molar refractivity (Wildman–Crippen MR) is 86.2 cm³/mol. The first-order valence-electron chi connectivity index (χ1n) is 6.75. The minimum atomic E-state index is 0.469. The summed E-state index contributed by atoms with van der Waals surface area (Å²) in [6, 6.07) is 11.0. The van der Waals surface area contributed by atoms with Crippen molar-refractivity contribution in [1.29, 1.82) is 0 Å². The maximum atomic E-state index is 6.02. The molecular formula is C16H20ClNS. The zero-order valence-electron chi connectivity index (χ0n) is 11.7. The van der Waals surface area contributed by atoms with E-state index in [1.165, 1.54) is 20.9 Å². The van der Waals surface area contributed by atoms with Gasteiger partial charge in [0.25, 0.3) is 0 Å². The summed E-state index contributed by atoms with van der Waals surface area (Å²) in [5.41, 5.74) is 2.52. The molecule has 0 aliphatic carbocycles. The summed E-state index contributed by atoms with van der Waals surface area (Å²) in [4.78, 5) is 2.73. The Kier molecular flexibility index (Phi) is 5.03. The SMILES string of the molecule is CCNC(CC)c1ccc(-c2ccc(Cl)cc2C)s1. The normalized spacial score (nSPS) is 12.6. The minimum absolute atomic E-state index is 0.469. The third kappa shape index (κ3) is 3.38. The van der Waals surface area contributed by atoms with Gasteiger partial charge in [-0.1, -0.05) is 31.5 Å². The fourth-order valence-corrected chi connectivity index (χ4v) is 3.76. The second-order valence-electron chi connectivity index (χ2n) is 4.68. The molecule has 0 bridgehead atoms. The molecule has 1 unspecified atom stereocenters. The van der Waals surface area contributed by atoms with Crippen molar-refractivity contribution < 1.29 is 0 Å². The lowest BCUT2D eigenvalue weighted by Crippen LogP contribution is -2.18. The summed E-state index contributed by atoms with van der Waals surface area (Å²) >= 11 is 7.89. The summed E-state index contributed by atoms with van der Waals surface area (Å²) in [6.07, 6.45) is 1.12. The summed E-state index contributed by atoms with van der Waals surface area (Å²) < 4.78 is 0. The van der Waals surface area contributed by atoms with Gasteiger partial charge >= 0.3 is 0 Å². The Hall–Kier alpha value is -0.830. The first-order valence-corrected chi connectivity index (χ1v) is 7.94. The molecule has 3 heteroatoms. The molecule has 1 aromatic carbocycles. The van der Waals surface area contributed by atoms with Gasteiger partial charge in [-0.25, -0.2) is 0 Å². The Labute approximate surface area is 124 Å². The molecule has 0 aliphatic heterocycles. The zero-order chi connectivity index (χ0) is 13.8. The van der Waals surface area contributed by atoms with Crippen molar-refractivity contribution >= 4 is 22.9 Å². The molecule has 2 rings (SSSR count). The maximum absolute atomic E-state index is 6.02. The molecular weight excluding hydrogens is 274 g/mol. The van der Waals surface area contributed by atoms with Gasteiger partial charge in [-0.2, -0.15) is 0 Å². The van der Waals surface area contributed by atoms with Crippen LogP contribution in [-0.2, 0) is 0 Å². The number of rotatable bonds is 5. The Morgan fingerprint density at radius 1 is 1.21 bits per heavy atom. The summed E-state index contributed by atoms with van der Waals surface area (Å²) in [6.45, 7) is 7.49. The van der Waals surface area contributed by atoms with E-state index in [0.29, 0.717) is 6.04 Å². The molecule has 2 aromatic rings. The van der Waals surface area contributed by atoms with E-state index >= 15 is 0 Å². The van der Waals surface area contributed by atoms with Gasteiger partial charge in [0.2, 0.25) is 0 Å². The third-order valence-corrected chi connectivity index (χ3v) is 4.75. The summed E-state index contributed by atoms with van der Waals surface area (Å²) in [7, 11) is 0. The second kappa shape index (κ2) is 6.56. The van der Waals surface area contributed by atoms with Crippen LogP contribution >= 0.6 is 22.9 Å². The molecule has 1 N–H and O–H groups in total. The highest BCUT2D eigenvalue weighted by Gasteiger charge is 2.12. The molecule has 0 spiro atoms. The lowest BCUT2D eigenvalue weighted by atomic mass is 10.1. The van der Waals surface area contributed by atoms with E-state index in [9.17, 15) is 0 Å². The average Bonchev–Trinajstić information content (AvgIpc) is 2.85. The van der Waals surface area contributed by atoms with Crippen LogP contribution < -0.4 is 5.32 Å². The second-order valence-corrected chi connectivity index (χ2v) is 6.23. The van der Waals surface area contributed by atoms with Gasteiger partial charge in [-0.05, 0) is 55.3 Å². The molecule has 0 amide bonds. The molecule has 1 atom stereocenters. The minimum Gasteiger partial charge on any atom is -0.310 e. The van der Waals surface area contributed by atoms with Crippen LogP contribution in [0.5, 0.6) is 0 Å². The van der Waals surface area contributed by atoms with E-state index in [2.05, 4.69) is 44.3 Å². The Balaban J connectivity index is 2.29. The molecule has 0 aliphatic rings. The number of nitrogens with one attached hydrogen (secondary N) is 1. The highest BCUT2D eigenvalue weighted by Crippen LogP contribution is 2.34. The van der Waals surface area contributed by atoms with Crippen molar-refractivity contribution in [2.75, 3.05) is 6.54 Å². The quantitative estimate of drug-likeness (QED) is 0.774. The van der Waals surface area contributed by atoms with Crippen LogP contribution in [0.3, 0.4) is 0 Å².